The Morgan fingerprint density at radius 1 is 0.875 bits per heavy atom. The fourth-order valence-corrected chi connectivity index (χ4v) is 0.892. The van der Waals surface area contributed by atoms with Crippen molar-refractivity contribution in [3.63, 3.8) is 0 Å². The number of ether oxygens (including phenoxy) is 2. The number of hydrogen-bond donors (Lipinski definition) is 0. The molecular formula is C6H6O2. The van der Waals surface area contributed by atoms with E-state index in [2.05, 4.69) is 0 Å². The van der Waals surface area contributed by atoms with Crippen LogP contribution in [0.15, 0.2) is 24.7 Å². The highest BCUT2D eigenvalue weighted by Crippen LogP contribution is 2.20. The molecular weight excluding hydrogens is 104 g/mol. The Kier molecular flexibility index (Phi) is 0.640. The van der Waals surface area contributed by atoms with Gasteiger partial charge in [0.25, 0.3) is 0 Å². The van der Waals surface area contributed by atoms with Gasteiger partial charge in [0.15, 0.2) is 12.2 Å². The second-order valence-corrected chi connectivity index (χ2v) is 1.86. The van der Waals surface area contributed by atoms with E-state index >= 15 is 0 Å². The topological polar surface area (TPSA) is 18.5 Å². The fourth-order valence-electron chi connectivity index (χ4n) is 0.892. The Balaban J connectivity index is 2.20. The molecule has 2 rings (SSSR count). The summed E-state index contributed by atoms with van der Waals surface area (Å²) in [7, 11) is 0. The smallest absolute Gasteiger partial charge is 0.160 e. The van der Waals surface area contributed by atoms with E-state index in [1.54, 1.807) is 12.5 Å². The van der Waals surface area contributed by atoms with Gasteiger partial charge in [0.1, 0.15) is 0 Å². The molecule has 2 nitrogen and oxygen atoms in total. The van der Waals surface area contributed by atoms with E-state index in [-0.39, 0.29) is 12.2 Å². The third-order valence-corrected chi connectivity index (χ3v) is 1.33. The molecule has 2 aliphatic rings. The van der Waals surface area contributed by atoms with E-state index in [9.17, 15) is 0 Å². The Bertz CT molecular complexity index is 131. The summed E-state index contributed by atoms with van der Waals surface area (Å²) in [5, 5.41) is 0. The molecule has 0 bridgehead atoms. The van der Waals surface area contributed by atoms with E-state index in [0.29, 0.717) is 0 Å². The summed E-state index contributed by atoms with van der Waals surface area (Å²) in [6.45, 7) is 0. The van der Waals surface area contributed by atoms with Gasteiger partial charge in [-0.1, -0.05) is 0 Å². The first-order chi connectivity index (χ1) is 3.97. The monoisotopic (exact) mass is 110 g/mol. The largest absolute Gasteiger partial charge is 0.490 e. The van der Waals surface area contributed by atoms with Gasteiger partial charge in [-0.2, -0.15) is 0 Å². The van der Waals surface area contributed by atoms with Crippen LogP contribution in [-0.4, -0.2) is 12.2 Å². The second-order valence-electron chi connectivity index (χ2n) is 1.86. The fraction of sp³-hybridized carbons (Fsp3) is 0.333. The molecule has 2 heteroatoms. The average Bonchev–Trinajstić information content (AvgIpc) is 2.15. The van der Waals surface area contributed by atoms with Crippen molar-refractivity contribution in [2.24, 2.45) is 0 Å². The van der Waals surface area contributed by atoms with Crippen molar-refractivity contribution in [3.8, 4) is 0 Å². The van der Waals surface area contributed by atoms with Crippen molar-refractivity contribution in [1.29, 1.82) is 0 Å². The highest BCUT2D eigenvalue weighted by Gasteiger charge is 2.26. The lowest BCUT2D eigenvalue weighted by atomic mass is 10.2. The van der Waals surface area contributed by atoms with Gasteiger partial charge in [0.2, 0.25) is 0 Å². The molecule has 8 heavy (non-hydrogen) atoms. The van der Waals surface area contributed by atoms with E-state index in [4.69, 9.17) is 9.47 Å². The van der Waals surface area contributed by atoms with Crippen molar-refractivity contribution in [3.05, 3.63) is 24.7 Å². The molecule has 0 radical (unpaired) electrons. The van der Waals surface area contributed by atoms with E-state index in [0.717, 1.165) is 0 Å². The van der Waals surface area contributed by atoms with Gasteiger partial charge in [-0.05, 0) is 12.2 Å². The van der Waals surface area contributed by atoms with E-state index in [1.165, 1.54) is 0 Å². The molecule has 0 aliphatic carbocycles. The predicted molar refractivity (Wildman–Crippen MR) is 28.0 cm³/mol. The highest BCUT2D eigenvalue weighted by molar-refractivity contribution is 5.10. The Morgan fingerprint density at radius 2 is 1.38 bits per heavy atom. The summed E-state index contributed by atoms with van der Waals surface area (Å²) >= 11 is 0. The van der Waals surface area contributed by atoms with Crippen molar-refractivity contribution < 1.29 is 9.47 Å². The summed E-state index contributed by atoms with van der Waals surface area (Å²) in [4.78, 5) is 0. The molecule has 0 saturated heterocycles. The number of fused-ring (bicyclic) bond motifs is 1. The standard InChI is InChI=1S/C6H6O2/c1-3-7-6-2-4-8-5(1)6/h1-6H. The minimum Gasteiger partial charge on any atom is -0.490 e. The first-order valence-corrected chi connectivity index (χ1v) is 2.61. The zero-order chi connectivity index (χ0) is 5.40. The maximum atomic E-state index is 5.08. The normalized spacial score (nSPS) is 39.0. The maximum Gasteiger partial charge on any atom is 0.160 e. The molecule has 0 N–H and O–H groups in total. The molecule has 2 heterocycles. The van der Waals surface area contributed by atoms with Crippen LogP contribution in [0.4, 0.5) is 0 Å². The number of hydrogen-bond acceptors (Lipinski definition) is 2. The van der Waals surface area contributed by atoms with Crippen LogP contribution in [0.2, 0.25) is 0 Å². The first kappa shape index (κ1) is 4.01. The molecule has 2 atom stereocenters. The third kappa shape index (κ3) is 0.372. The molecule has 0 aromatic rings. The van der Waals surface area contributed by atoms with Gasteiger partial charge in [-0.3, -0.25) is 0 Å². The van der Waals surface area contributed by atoms with E-state index in [1.807, 2.05) is 12.2 Å². The summed E-state index contributed by atoms with van der Waals surface area (Å²) < 4.78 is 10.2. The lowest BCUT2D eigenvalue weighted by Gasteiger charge is -2.04. The van der Waals surface area contributed by atoms with Gasteiger partial charge in [0, 0.05) is 0 Å². The molecule has 0 saturated carbocycles. The molecule has 2 aliphatic heterocycles. The predicted octanol–water partition coefficient (Wildman–Crippen LogP) is 0.811. The van der Waals surface area contributed by atoms with Crippen LogP contribution in [0.5, 0.6) is 0 Å². The van der Waals surface area contributed by atoms with Crippen molar-refractivity contribution >= 4 is 0 Å². The van der Waals surface area contributed by atoms with Crippen LogP contribution in [0.25, 0.3) is 0 Å². The van der Waals surface area contributed by atoms with Crippen molar-refractivity contribution in [2.45, 2.75) is 12.2 Å². The van der Waals surface area contributed by atoms with Crippen LogP contribution in [0.1, 0.15) is 0 Å². The minimum atomic E-state index is 0.162. The van der Waals surface area contributed by atoms with Crippen molar-refractivity contribution in [2.75, 3.05) is 0 Å². The molecule has 0 fully saturated rings. The maximum absolute atomic E-state index is 5.08. The van der Waals surface area contributed by atoms with Gasteiger partial charge in [-0.25, -0.2) is 0 Å². The SMILES string of the molecule is C1=CC2OC=CC2O1. The minimum absolute atomic E-state index is 0.162. The van der Waals surface area contributed by atoms with Crippen molar-refractivity contribution in [1.82, 2.24) is 0 Å². The zero-order valence-corrected chi connectivity index (χ0v) is 4.28. The summed E-state index contributed by atoms with van der Waals surface area (Å²) in [6, 6.07) is 0. The summed E-state index contributed by atoms with van der Waals surface area (Å²) in [5.74, 6) is 0. The lowest BCUT2D eigenvalue weighted by molar-refractivity contribution is 0.111. The quantitative estimate of drug-likeness (QED) is 0.459. The molecule has 0 aromatic carbocycles. The molecule has 2 unspecified atom stereocenters. The molecule has 0 aromatic heterocycles. The van der Waals surface area contributed by atoms with Gasteiger partial charge in [0.05, 0.1) is 12.5 Å². The number of rotatable bonds is 0. The Morgan fingerprint density at radius 3 is 1.88 bits per heavy atom. The molecule has 0 spiro atoms. The van der Waals surface area contributed by atoms with Gasteiger partial charge < -0.3 is 9.47 Å². The lowest BCUT2D eigenvalue weighted by Crippen LogP contribution is -2.14. The van der Waals surface area contributed by atoms with Crippen LogP contribution in [0.3, 0.4) is 0 Å². The van der Waals surface area contributed by atoms with Crippen LogP contribution < -0.4 is 0 Å². The third-order valence-electron chi connectivity index (χ3n) is 1.33. The van der Waals surface area contributed by atoms with Crippen LogP contribution in [0, 0.1) is 0 Å². The molecule has 42 valence electrons. The van der Waals surface area contributed by atoms with E-state index < -0.39 is 0 Å². The van der Waals surface area contributed by atoms with Gasteiger partial charge >= 0.3 is 0 Å². The first-order valence-electron chi connectivity index (χ1n) is 2.61. The average molecular weight is 110 g/mol. The Hall–Kier alpha value is -0.920. The van der Waals surface area contributed by atoms with Crippen LogP contribution >= 0.6 is 0 Å². The second kappa shape index (κ2) is 1.28. The highest BCUT2D eigenvalue weighted by atomic mass is 16.6. The zero-order valence-electron chi connectivity index (χ0n) is 4.28. The molecule has 0 amide bonds. The Labute approximate surface area is 47.4 Å². The summed E-state index contributed by atoms with van der Waals surface area (Å²) in [6.07, 6.45) is 7.50. The van der Waals surface area contributed by atoms with Gasteiger partial charge in [-0.15, -0.1) is 0 Å². The summed E-state index contributed by atoms with van der Waals surface area (Å²) in [5.41, 5.74) is 0. The van der Waals surface area contributed by atoms with Crippen LogP contribution in [-0.2, 0) is 9.47 Å².